The number of nitrogens with zero attached hydrogens (tertiary/aromatic N) is 1. The summed E-state index contributed by atoms with van der Waals surface area (Å²) in [6.07, 6.45) is 2.61. The van der Waals surface area contributed by atoms with E-state index >= 15 is 0 Å². The fourth-order valence-electron chi connectivity index (χ4n) is 3.49. The van der Waals surface area contributed by atoms with Gasteiger partial charge in [-0.3, -0.25) is 9.69 Å². The molecule has 22 heavy (non-hydrogen) atoms. The highest BCUT2D eigenvalue weighted by molar-refractivity contribution is 5.95. The Morgan fingerprint density at radius 1 is 1.23 bits per heavy atom. The van der Waals surface area contributed by atoms with Crippen LogP contribution in [-0.2, 0) is 11.3 Å². The first-order chi connectivity index (χ1) is 10.2. The van der Waals surface area contributed by atoms with Crippen molar-refractivity contribution in [1.82, 2.24) is 10.2 Å². The van der Waals surface area contributed by atoms with E-state index in [0.29, 0.717) is 5.41 Å². The van der Waals surface area contributed by atoms with Gasteiger partial charge in [-0.2, -0.15) is 0 Å². The molecule has 1 aromatic rings. The lowest BCUT2D eigenvalue weighted by Gasteiger charge is -2.48. The van der Waals surface area contributed by atoms with Crippen molar-refractivity contribution in [2.75, 3.05) is 38.1 Å². The van der Waals surface area contributed by atoms with E-state index in [0.717, 1.165) is 18.0 Å². The zero-order valence-electron chi connectivity index (χ0n) is 12.6. The summed E-state index contributed by atoms with van der Waals surface area (Å²) >= 11 is 0. The maximum absolute atomic E-state index is 11.3. The molecule has 0 saturated carbocycles. The van der Waals surface area contributed by atoms with E-state index in [1.807, 2.05) is 6.07 Å². The Hall–Kier alpha value is -1.30. The highest BCUT2D eigenvalue weighted by atomic mass is 35.5. The van der Waals surface area contributed by atoms with Gasteiger partial charge < -0.3 is 15.4 Å². The van der Waals surface area contributed by atoms with Crippen LogP contribution in [0.5, 0.6) is 5.75 Å². The lowest BCUT2D eigenvalue weighted by atomic mass is 9.73. The van der Waals surface area contributed by atoms with Gasteiger partial charge in [0.25, 0.3) is 5.91 Å². The number of hydrogen-bond acceptors (Lipinski definition) is 4. The second kappa shape index (κ2) is 6.07. The van der Waals surface area contributed by atoms with Gasteiger partial charge in [0.15, 0.2) is 6.61 Å². The van der Waals surface area contributed by atoms with Crippen molar-refractivity contribution in [2.45, 2.75) is 19.4 Å². The minimum absolute atomic E-state index is 0. The molecule has 2 saturated heterocycles. The lowest BCUT2D eigenvalue weighted by Crippen LogP contribution is -2.58. The summed E-state index contributed by atoms with van der Waals surface area (Å²) < 4.78 is 5.49. The number of amides is 1. The standard InChI is InChI=1S/C16H21N3O2.ClH/c20-15-9-21-14-7-12(1-2-13(14)18-15)8-19-5-3-16(4-6-19)10-17-11-16;/h1-2,7,17H,3-6,8-11H2,(H,18,20);1H. The molecule has 2 fully saturated rings. The lowest BCUT2D eigenvalue weighted by molar-refractivity contribution is -0.118. The number of hydrogen-bond donors (Lipinski definition) is 2. The molecular formula is C16H22ClN3O2. The third kappa shape index (κ3) is 2.93. The fraction of sp³-hybridized carbons (Fsp3) is 0.562. The topological polar surface area (TPSA) is 53.6 Å². The summed E-state index contributed by atoms with van der Waals surface area (Å²) in [6.45, 7) is 5.84. The second-order valence-corrected chi connectivity index (χ2v) is 6.55. The van der Waals surface area contributed by atoms with Gasteiger partial charge in [-0.05, 0) is 49.0 Å². The molecule has 2 N–H and O–H groups in total. The maximum Gasteiger partial charge on any atom is 0.262 e. The van der Waals surface area contributed by atoms with Crippen molar-refractivity contribution < 1.29 is 9.53 Å². The van der Waals surface area contributed by atoms with Crippen LogP contribution in [0.4, 0.5) is 5.69 Å². The molecule has 120 valence electrons. The molecule has 3 heterocycles. The van der Waals surface area contributed by atoms with Gasteiger partial charge in [0.05, 0.1) is 5.69 Å². The van der Waals surface area contributed by atoms with E-state index in [9.17, 15) is 4.79 Å². The average Bonchev–Trinajstić information content (AvgIpc) is 2.47. The van der Waals surface area contributed by atoms with Gasteiger partial charge in [-0.25, -0.2) is 0 Å². The Morgan fingerprint density at radius 2 is 2.00 bits per heavy atom. The third-order valence-corrected chi connectivity index (χ3v) is 5.00. The van der Waals surface area contributed by atoms with Gasteiger partial charge in [-0.15, -0.1) is 12.4 Å². The molecule has 5 nitrogen and oxygen atoms in total. The molecule has 1 spiro atoms. The predicted molar refractivity (Wildman–Crippen MR) is 87.6 cm³/mol. The molecule has 0 aromatic heterocycles. The Bertz CT molecular complexity index is 565. The number of likely N-dealkylation sites (tertiary alicyclic amines) is 1. The number of piperidine rings is 1. The van der Waals surface area contributed by atoms with Gasteiger partial charge >= 0.3 is 0 Å². The van der Waals surface area contributed by atoms with Gasteiger partial charge in [0, 0.05) is 19.6 Å². The van der Waals surface area contributed by atoms with Crippen LogP contribution in [0.3, 0.4) is 0 Å². The van der Waals surface area contributed by atoms with Gasteiger partial charge in [-0.1, -0.05) is 6.07 Å². The van der Waals surface area contributed by atoms with Crippen LogP contribution in [0.15, 0.2) is 18.2 Å². The smallest absolute Gasteiger partial charge is 0.262 e. The Kier molecular flexibility index (Phi) is 4.30. The largest absolute Gasteiger partial charge is 0.482 e. The van der Waals surface area contributed by atoms with E-state index < -0.39 is 0 Å². The van der Waals surface area contributed by atoms with Gasteiger partial charge in [0.1, 0.15) is 5.75 Å². The molecule has 0 aliphatic carbocycles. The molecule has 0 radical (unpaired) electrons. The summed E-state index contributed by atoms with van der Waals surface area (Å²) in [6, 6.07) is 6.09. The van der Waals surface area contributed by atoms with E-state index in [1.165, 1.54) is 44.6 Å². The minimum Gasteiger partial charge on any atom is -0.482 e. The van der Waals surface area contributed by atoms with E-state index in [4.69, 9.17) is 4.74 Å². The average molecular weight is 324 g/mol. The monoisotopic (exact) mass is 323 g/mol. The molecule has 1 aromatic carbocycles. The van der Waals surface area contributed by atoms with Crippen LogP contribution in [0.25, 0.3) is 0 Å². The number of nitrogens with one attached hydrogen (secondary N) is 2. The second-order valence-electron chi connectivity index (χ2n) is 6.55. The molecule has 0 unspecified atom stereocenters. The molecule has 0 atom stereocenters. The Morgan fingerprint density at radius 3 is 2.68 bits per heavy atom. The number of carbonyl (C=O) groups excluding carboxylic acids is 1. The van der Waals surface area contributed by atoms with Crippen LogP contribution in [0.2, 0.25) is 0 Å². The minimum atomic E-state index is -0.0781. The van der Waals surface area contributed by atoms with Crippen molar-refractivity contribution in [3.8, 4) is 5.75 Å². The number of halogens is 1. The number of ether oxygens (including phenoxy) is 1. The first kappa shape index (κ1) is 15.6. The van der Waals surface area contributed by atoms with E-state index in [2.05, 4.69) is 27.7 Å². The summed E-state index contributed by atoms with van der Waals surface area (Å²) in [7, 11) is 0. The number of rotatable bonds is 2. The highest BCUT2D eigenvalue weighted by Gasteiger charge is 2.39. The Balaban J connectivity index is 0.00000144. The SMILES string of the molecule is Cl.O=C1COc2cc(CN3CCC4(CC3)CNC4)ccc2N1. The zero-order chi connectivity index (χ0) is 14.3. The third-order valence-electron chi connectivity index (χ3n) is 5.00. The number of carbonyl (C=O) groups is 1. The van der Waals surface area contributed by atoms with Crippen LogP contribution >= 0.6 is 12.4 Å². The number of anilines is 1. The van der Waals surface area contributed by atoms with Crippen molar-refractivity contribution in [3.63, 3.8) is 0 Å². The first-order valence-electron chi connectivity index (χ1n) is 7.71. The van der Waals surface area contributed by atoms with Crippen LogP contribution in [-0.4, -0.2) is 43.6 Å². The van der Waals surface area contributed by atoms with E-state index in [-0.39, 0.29) is 24.9 Å². The molecule has 4 rings (SSSR count). The van der Waals surface area contributed by atoms with Crippen molar-refractivity contribution >= 4 is 24.0 Å². The fourth-order valence-corrected chi connectivity index (χ4v) is 3.49. The molecular weight excluding hydrogens is 302 g/mol. The predicted octanol–water partition coefficient (Wildman–Crippen LogP) is 1.62. The quantitative estimate of drug-likeness (QED) is 0.868. The molecule has 3 aliphatic heterocycles. The molecule has 1 amide bonds. The summed E-state index contributed by atoms with van der Waals surface area (Å²) in [5, 5.41) is 6.24. The summed E-state index contributed by atoms with van der Waals surface area (Å²) in [5.74, 6) is 0.717. The highest BCUT2D eigenvalue weighted by Crippen LogP contribution is 2.36. The van der Waals surface area contributed by atoms with Gasteiger partial charge in [0.2, 0.25) is 0 Å². The van der Waals surface area contributed by atoms with Crippen molar-refractivity contribution in [1.29, 1.82) is 0 Å². The van der Waals surface area contributed by atoms with Crippen LogP contribution in [0, 0.1) is 5.41 Å². The normalized spacial score (nSPS) is 22.8. The zero-order valence-corrected chi connectivity index (χ0v) is 13.4. The summed E-state index contributed by atoms with van der Waals surface area (Å²) in [4.78, 5) is 13.8. The summed E-state index contributed by atoms with van der Waals surface area (Å²) in [5.41, 5.74) is 2.64. The van der Waals surface area contributed by atoms with E-state index in [1.54, 1.807) is 0 Å². The van der Waals surface area contributed by atoms with Crippen LogP contribution < -0.4 is 15.4 Å². The van der Waals surface area contributed by atoms with Crippen molar-refractivity contribution in [3.05, 3.63) is 23.8 Å². The molecule has 0 bridgehead atoms. The molecule has 6 heteroatoms. The van der Waals surface area contributed by atoms with Crippen molar-refractivity contribution in [2.24, 2.45) is 5.41 Å². The molecule has 3 aliphatic rings. The number of benzene rings is 1. The maximum atomic E-state index is 11.3. The number of fused-ring (bicyclic) bond motifs is 1. The van der Waals surface area contributed by atoms with Crippen LogP contribution in [0.1, 0.15) is 18.4 Å². The Labute approximate surface area is 136 Å². The first-order valence-corrected chi connectivity index (χ1v) is 7.71.